The summed E-state index contributed by atoms with van der Waals surface area (Å²) in [4.78, 5) is 32.4. The smallest absolute Gasteiger partial charge is 0.317 e. The van der Waals surface area contributed by atoms with Gasteiger partial charge in [0, 0.05) is 38.3 Å². The first-order valence-corrected chi connectivity index (χ1v) is 10.1. The lowest BCUT2D eigenvalue weighted by molar-refractivity contribution is -0.143. The minimum absolute atomic E-state index is 0.0155. The molecule has 0 aromatic rings. The molecular weight excluding hydrogens is 316 g/mol. The van der Waals surface area contributed by atoms with E-state index in [4.69, 9.17) is 0 Å². The number of hydrogen-bond donors (Lipinski definition) is 1. The van der Waals surface area contributed by atoms with Gasteiger partial charge in [-0.25, -0.2) is 4.79 Å². The van der Waals surface area contributed by atoms with Crippen LogP contribution in [0, 0.1) is 5.41 Å². The van der Waals surface area contributed by atoms with E-state index in [-0.39, 0.29) is 23.5 Å². The Morgan fingerprint density at radius 1 is 1.04 bits per heavy atom. The molecule has 6 nitrogen and oxygen atoms in total. The van der Waals surface area contributed by atoms with E-state index in [0.717, 1.165) is 64.8 Å². The van der Waals surface area contributed by atoms with Gasteiger partial charge in [0.2, 0.25) is 5.91 Å². The van der Waals surface area contributed by atoms with Gasteiger partial charge in [0.1, 0.15) is 0 Å². The van der Waals surface area contributed by atoms with Gasteiger partial charge in [0.15, 0.2) is 0 Å². The number of nitrogens with zero attached hydrogens (tertiary/aromatic N) is 3. The van der Waals surface area contributed by atoms with Crippen molar-refractivity contribution in [3.05, 3.63) is 0 Å². The van der Waals surface area contributed by atoms with Crippen molar-refractivity contribution in [3.63, 3.8) is 0 Å². The van der Waals surface area contributed by atoms with Crippen LogP contribution in [0.1, 0.15) is 52.9 Å². The number of carbonyl (C=O) groups excluding carboxylic acids is 2. The molecule has 3 fully saturated rings. The van der Waals surface area contributed by atoms with Crippen molar-refractivity contribution in [1.82, 2.24) is 20.0 Å². The fourth-order valence-electron chi connectivity index (χ4n) is 5.00. The average Bonchev–Trinajstić information content (AvgIpc) is 3.18. The highest BCUT2D eigenvalue weighted by Crippen LogP contribution is 2.45. The van der Waals surface area contributed by atoms with E-state index >= 15 is 0 Å². The monoisotopic (exact) mass is 350 g/mol. The zero-order valence-corrected chi connectivity index (χ0v) is 16.1. The predicted molar refractivity (Wildman–Crippen MR) is 98.4 cm³/mol. The Hall–Kier alpha value is -1.30. The standard InChI is InChI=1S/C19H34N4O2/c1-4-21-13-8-19(17(24)22-10-5-6-11-22)9-14-23(12-7-16(19)21)18(25)20-15(2)3/h15-16H,4-14H2,1-3H3,(H,20,25)/t16-,19-/m0/s1. The zero-order chi connectivity index (χ0) is 18.0. The van der Waals surface area contributed by atoms with Crippen LogP contribution in [-0.2, 0) is 4.79 Å². The Morgan fingerprint density at radius 2 is 1.72 bits per heavy atom. The normalized spacial score (nSPS) is 30.5. The summed E-state index contributed by atoms with van der Waals surface area (Å²) in [6, 6.07) is 0.437. The average molecular weight is 351 g/mol. The van der Waals surface area contributed by atoms with Gasteiger partial charge in [0.05, 0.1) is 5.41 Å². The molecule has 6 heteroatoms. The van der Waals surface area contributed by atoms with Gasteiger partial charge in [-0.15, -0.1) is 0 Å². The molecule has 3 heterocycles. The van der Waals surface area contributed by atoms with Crippen LogP contribution in [0.4, 0.5) is 4.79 Å². The van der Waals surface area contributed by atoms with Gasteiger partial charge in [-0.05, 0) is 59.0 Å². The van der Waals surface area contributed by atoms with Gasteiger partial charge < -0.3 is 15.1 Å². The van der Waals surface area contributed by atoms with Gasteiger partial charge in [-0.2, -0.15) is 0 Å². The molecule has 3 rings (SSSR count). The number of carbonyl (C=O) groups is 2. The second-order valence-electron chi connectivity index (χ2n) is 8.18. The summed E-state index contributed by atoms with van der Waals surface area (Å²) >= 11 is 0. The summed E-state index contributed by atoms with van der Waals surface area (Å²) < 4.78 is 0. The third-order valence-electron chi connectivity index (χ3n) is 6.35. The van der Waals surface area contributed by atoms with E-state index in [9.17, 15) is 9.59 Å². The number of likely N-dealkylation sites (tertiary alicyclic amines) is 3. The fourth-order valence-corrected chi connectivity index (χ4v) is 5.00. The number of fused-ring (bicyclic) bond motifs is 1. The summed E-state index contributed by atoms with van der Waals surface area (Å²) in [5.41, 5.74) is -0.285. The molecule has 0 saturated carbocycles. The molecule has 3 amide bonds. The van der Waals surface area contributed by atoms with Crippen LogP contribution in [0.3, 0.4) is 0 Å². The molecule has 2 atom stereocenters. The first-order chi connectivity index (χ1) is 12.0. The summed E-state index contributed by atoms with van der Waals surface area (Å²) in [6.45, 7) is 11.4. The Kier molecular flexibility index (Phi) is 5.56. The molecule has 1 N–H and O–H groups in total. The lowest BCUT2D eigenvalue weighted by Gasteiger charge is -2.38. The number of amides is 3. The second kappa shape index (κ2) is 7.52. The quantitative estimate of drug-likeness (QED) is 0.846. The first kappa shape index (κ1) is 18.5. The third kappa shape index (κ3) is 3.50. The molecule has 25 heavy (non-hydrogen) atoms. The van der Waals surface area contributed by atoms with Crippen molar-refractivity contribution in [2.24, 2.45) is 5.41 Å². The molecule has 0 bridgehead atoms. The van der Waals surface area contributed by atoms with E-state index in [1.165, 1.54) is 0 Å². The number of urea groups is 1. The summed E-state index contributed by atoms with van der Waals surface area (Å²) in [5, 5.41) is 3.01. The fraction of sp³-hybridized carbons (Fsp3) is 0.895. The van der Waals surface area contributed by atoms with E-state index in [1.807, 2.05) is 18.7 Å². The Morgan fingerprint density at radius 3 is 2.36 bits per heavy atom. The second-order valence-corrected chi connectivity index (χ2v) is 8.18. The van der Waals surface area contributed by atoms with Gasteiger partial charge >= 0.3 is 6.03 Å². The maximum atomic E-state index is 13.5. The Labute approximate surface area is 151 Å². The molecule has 0 spiro atoms. The van der Waals surface area contributed by atoms with Crippen LogP contribution >= 0.6 is 0 Å². The van der Waals surface area contributed by atoms with Crippen molar-refractivity contribution in [2.45, 2.75) is 65.0 Å². The highest BCUT2D eigenvalue weighted by molar-refractivity contribution is 5.84. The molecule has 142 valence electrons. The van der Waals surface area contributed by atoms with Crippen LogP contribution in [0.15, 0.2) is 0 Å². The van der Waals surface area contributed by atoms with Crippen molar-refractivity contribution in [1.29, 1.82) is 0 Å². The first-order valence-electron chi connectivity index (χ1n) is 10.1. The molecule has 0 aromatic carbocycles. The Balaban J connectivity index is 1.79. The minimum atomic E-state index is -0.285. The summed E-state index contributed by atoms with van der Waals surface area (Å²) in [7, 11) is 0. The molecule has 3 saturated heterocycles. The van der Waals surface area contributed by atoms with E-state index in [1.54, 1.807) is 0 Å². The lowest BCUT2D eigenvalue weighted by Crippen LogP contribution is -2.50. The molecule has 3 aliphatic rings. The highest BCUT2D eigenvalue weighted by Gasteiger charge is 2.54. The van der Waals surface area contributed by atoms with E-state index in [2.05, 4.69) is 22.0 Å². The predicted octanol–water partition coefficient (Wildman–Crippen LogP) is 1.90. The minimum Gasteiger partial charge on any atom is -0.342 e. The number of rotatable bonds is 3. The van der Waals surface area contributed by atoms with Crippen molar-refractivity contribution in [2.75, 3.05) is 39.3 Å². The molecular formula is C19H34N4O2. The van der Waals surface area contributed by atoms with Crippen LogP contribution < -0.4 is 5.32 Å². The molecule has 0 aromatic heterocycles. The lowest BCUT2D eigenvalue weighted by atomic mass is 9.75. The highest BCUT2D eigenvalue weighted by atomic mass is 16.2. The van der Waals surface area contributed by atoms with Crippen molar-refractivity contribution < 1.29 is 9.59 Å². The maximum absolute atomic E-state index is 13.5. The van der Waals surface area contributed by atoms with Gasteiger partial charge in [-0.3, -0.25) is 9.69 Å². The summed E-state index contributed by atoms with van der Waals surface area (Å²) in [5.74, 6) is 0.358. The maximum Gasteiger partial charge on any atom is 0.317 e. The van der Waals surface area contributed by atoms with Crippen molar-refractivity contribution in [3.8, 4) is 0 Å². The van der Waals surface area contributed by atoms with Crippen LogP contribution in [0.25, 0.3) is 0 Å². The van der Waals surface area contributed by atoms with E-state index in [0.29, 0.717) is 12.5 Å². The third-order valence-corrected chi connectivity index (χ3v) is 6.35. The largest absolute Gasteiger partial charge is 0.342 e. The van der Waals surface area contributed by atoms with Crippen LogP contribution in [0.2, 0.25) is 0 Å². The van der Waals surface area contributed by atoms with Gasteiger partial charge in [-0.1, -0.05) is 6.92 Å². The van der Waals surface area contributed by atoms with Crippen LogP contribution in [-0.4, -0.2) is 78.0 Å². The molecule has 0 unspecified atom stereocenters. The summed E-state index contributed by atoms with van der Waals surface area (Å²) in [6.07, 6.45) is 4.91. The SMILES string of the molecule is CCN1CC[C@]2(C(=O)N3CCCC3)CCN(C(=O)NC(C)C)CC[C@H]12. The Bertz CT molecular complexity index is 504. The zero-order valence-electron chi connectivity index (χ0n) is 16.1. The van der Waals surface area contributed by atoms with Crippen LogP contribution in [0.5, 0.6) is 0 Å². The van der Waals surface area contributed by atoms with Crippen molar-refractivity contribution >= 4 is 11.9 Å². The topological polar surface area (TPSA) is 55.9 Å². The van der Waals surface area contributed by atoms with Gasteiger partial charge in [0.25, 0.3) is 0 Å². The van der Waals surface area contributed by atoms with E-state index < -0.39 is 0 Å². The number of nitrogens with one attached hydrogen (secondary N) is 1. The molecule has 0 radical (unpaired) electrons. The number of hydrogen-bond acceptors (Lipinski definition) is 3. The molecule has 0 aliphatic carbocycles. The molecule has 3 aliphatic heterocycles.